The summed E-state index contributed by atoms with van der Waals surface area (Å²) in [6, 6.07) is 0.454. The largest absolute Gasteiger partial charge is 0.396 e. The van der Waals surface area contributed by atoms with Gasteiger partial charge in [0.1, 0.15) is 0 Å². The van der Waals surface area contributed by atoms with E-state index in [1.807, 2.05) is 0 Å². The fraction of sp³-hybridized carbons (Fsp3) is 1.00. The lowest BCUT2D eigenvalue weighted by Gasteiger charge is -2.26. The standard InChI is InChI=1S/C15H32N2O/c1-4-16-15(8-11-18)12-17-9-5-6-14(7-10-17)13(2)3/h13-16,18H,4-12H2,1-3H3. The summed E-state index contributed by atoms with van der Waals surface area (Å²) in [4.78, 5) is 2.59. The van der Waals surface area contributed by atoms with Crippen LogP contribution in [0.4, 0.5) is 0 Å². The molecule has 3 nitrogen and oxygen atoms in total. The normalized spacial score (nSPS) is 24.2. The number of rotatable bonds is 7. The molecule has 1 rings (SSSR count). The smallest absolute Gasteiger partial charge is 0.0446 e. The van der Waals surface area contributed by atoms with E-state index in [9.17, 15) is 0 Å². The molecule has 0 aromatic carbocycles. The molecule has 0 saturated carbocycles. The molecule has 18 heavy (non-hydrogen) atoms. The minimum absolute atomic E-state index is 0.292. The number of nitrogens with one attached hydrogen (secondary N) is 1. The lowest BCUT2D eigenvalue weighted by Crippen LogP contribution is -2.42. The minimum atomic E-state index is 0.292. The van der Waals surface area contributed by atoms with Crippen LogP contribution < -0.4 is 5.32 Å². The van der Waals surface area contributed by atoms with Crippen molar-refractivity contribution in [3.63, 3.8) is 0 Å². The molecule has 2 unspecified atom stereocenters. The van der Waals surface area contributed by atoms with E-state index in [1.54, 1.807) is 0 Å². The van der Waals surface area contributed by atoms with Crippen molar-refractivity contribution in [2.24, 2.45) is 11.8 Å². The molecule has 2 N–H and O–H groups in total. The Kier molecular flexibility index (Phi) is 7.87. The van der Waals surface area contributed by atoms with Gasteiger partial charge >= 0.3 is 0 Å². The molecule has 1 aliphatic rings. The van der Waals surface area contributed by atoms with Crippen LogP contribution in [0, 0.1) is 11.8 Å². The van der Waals surface area contributed by atoms with E-state index in [-0.39, 0.29) is 0 Å². The van der Waals surface area contributed by atoms with Gasteiger partial charge in [0.05, 0.1) is 0 Å². The summed E-state index contributed by atoms with van der Waals surface area (Å²) in [5.41, 5.74) is 0. The van der Waals surface area contributed by atoms with Gasteiger partial charge in [-0.3, -0.25) is 0 Å². The third-order valence-electron chi connectivity index (χ3n) is 4.26. The van der Waals surface area contributed by atoms with Crippen molar-refractivity contribution in [1.29, 1.82) is 0 Å². The first-order chi connectivity index (χ1) is 8.67. The second kappa shape index (κ2) is 8.89. The summed E-state index contributed by atoms with van der Waals surface area (Å²) in [7, 11) is 0. The van der Waals surface area contributed by atoms with E-state index >= 15 is 0 Å². The van der Waals surface area contributed by atoms with E-state index < -0.39 is 0 Å². The summed E-state index contributed by atoms with van der Waals surface area (Å²) in [5, 5.41) is 12.6. The van der Waals surface area contributed by atoms with E-state index in [4.69, 9.17) is 5.11 Å². The van der Waals surface area contributed by atoms with Crippen LogP contribution in [-0.2, 0) is 0 Å². The van der Waals surface area contributed by atoms with E-state index in [0.717, 1.165) is 31.3 Å². The van der Waals surface area contributed by atoms with E-state index in [0.29, 0.717) is 12.6 Å². The van der Waals surface area contributed by atoms with Crippen molar-refractivity contribution in [1.82, 2.24) is 10.2 Å². The Morgan fingerprint density at radius 1 is 1.28 bits per heavy atom. The molecule has 0 spiro atoms. The van der Waals surface area contributed by atoms with Crippen molar-refractivity contribution in [2.45, 2.75) is 52.5 Å². The Hall–Kier alpha value is -0.120. The van der Waals surface area contributed by atoms with E-state index in [1.165, 1.54) is 32.4 Å². The highest BCUT2D eigenvalue weighted by molar-refractivity contribution is 4.76. The second-order valence-corrected chi connectivity index (χ2v) is 6.00. The number of aliphatic hydroxyl groups excluding tert-OH is 1. The molecule has 108 valence electrons. The summed E-state index contributed by atoms with van der Waals surface area (Å²) in [6.07, 6.45) is 4.94. The summed E-state index contributed by atoms with van der Waals surface area (Å²) < 4.78 is 0. The zero-order chi connectivity index (χ0) is 13.4. The molecule has 1 saturated heterocycles. The highest BCUT2D eigenvalue weighted by Gasteiger charge is 2.21. The van der Waals surface area contributed by atoms with Gasteiger partial charge in [-0.2, -0.15) is 0 Å². The van der Waals surface area contributed by atoms with Crippen molar-refractivity contribution in [3.8, 4) is 0 Å². The van der Waals surface area contributed by atoms with Gasteiger partial charge in [-0.1, -0.05) is 20.8 Å². The highest BCUT2D eigenvalue weighted by Crippen LogP contribution is 2.24. The fourth-order valence-electron chi connectivity index (χ4n) is 3.04. The number of hydrogen-bond donors (Lipinski definition) is 2. The zero-order valence-corrected chi connectivity index (χ0v) is 12.5. The molecule has 0 aliphatic carbocycles. The number of hydrogen-bond acceptors (Lipinski definition) is 3. The van der Waals surface area contributed by atoms with Crippen LogP contribution in [0.1, 0.15) is 46.5 Å². The second-order valence-electron chi connectivity index (χ2n) is 6.00. The third kappa shape index (κ3) is 5.68. The van der Waals surface area contributed by atoms with Gasteiger partial charge in [-0.05, 0) is 57.2 Å². The number of likely N-dealkylation sites (N-methyl/N-ethyl adjacent to an activating group) is 1. The van der Waals surface area contributed by atoms with E-state index in [2.05, 4.69) is 31.0 Å². The third-order valence-corrected chi connectivity index (χ3v) is 4.26. The first kappa shape index (κ1) is 15.9. The molecular formula is C15H32N2O. The van der Waals surface area contributed by atoms with Crippen LogP contribution >= 0.6 is 0 Å². The molecule has 1 fully saturated rings. The van der Waals surface area contributed by atoms with Crippen LogP contribution in [0.25, 0.3) is 0 Å². The first-order valence-corrected chi connectivity index (χ1v) is 7.74. The molecule has 3 heteroatoms. The van der Waals surface area contributed by atoms with Crippen molar-refractivity contribution in [3.05, 3.63) is 0 Å². The van der Waals surface area contributed by atoms with Crippen LogP contribution in [0.5, 0.6) is 0 Å². The maximum absolute atomic E-state index is 9.10. The molecule has 0 aromatic heterocycles. The molecule has 0 bridgehead atoms. The van der Waals surface area contributed by atoms with Gasteiger partial charge in [0, 0.05) is 19.2 Å². The zero-order valence-electron chi connectivity index (χ0n) is 12.5. The number of nitrogens with zero attached hydrogens (tertiary/aromatic N) is 1. The SMILES string of the molecule is CCNC(CCO)CN1CCCC(C(C)C)CC1. The molecular weight excluding hydrogens is 224 g/mol. The Labute approximate surface area is 113 Å². The van der Waals surface area contributed by atoms with Gasteiger partial charge in [-0.15, -0.1) is 0 Å². The first-order valence-electron chi connectivity index (χ1n) is 7.74. The molecule has 1 heterocycles. The molecule has 0 aromatic rings. The molecule has 1 aliphatic heterocycles. The Bertz CT molecular complexity index is 203. The minimum Gasteiger partial charge on any atom is -0.396 e. The maximum Gasteiger partial charge on any atom is 0.0446 e. The Morgan fingerprint density at radius 2 is 2.06 bits per heavy atom. The van der Waals surface area contributed by atoms with Gasteiger partial charge in [0.2, 0.25) is 0 Å². The molecule has 0 amide bonds. The average molecular weight is 256 g/mol. The van der Waals surface area contributed by atoms with Crippen molar-refractivity contribution < 1.29 is 5.11 Å². The lowest BCUT2D eigenvalue weighted by molar-refractivity contribution is 0.209. The summed E-state index contributed by atoms with van der Waals surface area (Å²) in [5.74, 6) is 1.73. The van der Waals surface area contributed by atoms with Crippen molar-refractivity contribution in [2.75, 3.05) is 32.8 Å². The van der Waals surface area contributed by atoms with Gasteiger partial charge < -0.3 is 15.3 Å². The predicted octanol–water partition coefficient (Wildman–Crippen LogP) is 2.10. The van der Waals surface area contributed by atoms with Gasteiger partial charge in [0.25, 0.3) is 0 Å². The molecule has 2 atom stereocenters. The van der Waals surface area contributed by atoms with Crippen LogP contribution in [0.2, 0.25) is 0 Å². The maximum atomic E-state index is 9.10. The Balaban J connectivity index is 2.37. The average Bonchev–Trinajstić information content (AvgIpc) is 2.55. The number of likely N-dealkylation sites (tertiary alicyclic amines) is 1. The van der Waals surface area contributed by atoms with Crippen LogP contribution in [-0.4, -0.2) is 48.8 Å². The van der Waals surface area contributed by atoms with Crippen LogP contribution in [0.3, 0.4) is 0 Å². The highest BCUT2D eigenvalue weighted by atomic mass is 16.3. The molecule has 0 radical (unpaired) electrons. The summed E-state index contributed by atoms with van der Waals surface area (Å²) in [6.45, 7) is 11.7. The van der Waals surface area contributed by atoms with Gasteiger partial charge in [0.15, 0.2) is 0 Å². The fourth-order valence-corrected chi connectivity index (χ4v) is 3.04. The summed E-state index contributed by atoms with van der Waals surface area (Å²) >= 11 is 0. The van der Waals surface area contributed by atoms with Crippen molar-refractivity contribution >= 4 is 0 Å². The number of aliphatic hydroxyl groups is 1. The monoisotopic (exact) mass is 256 g/mol. The lowest BCUT2D eigenvalue weighted by atomic mass is 9.89. The Morgan fingerprint density at radius 3 is 2.67 bits per heavy atom. The predicted molar refractivity (Wildman–Crippen MR) is 77.8 cm³/mol. The quantitative estimate of drug-likeness (QED) is 0.732. The van der Waals surface area contributed by atoms with Crippen LogP contribution in [0.15, 0.2) is 0 Å². The van der Waals surface area contributed by atoms with Gasteiger partial charge in [-0.25, -0.2) is 0 Å². The topological polar surface area (TPSA) is 35.5 Å².